The average molecular weight is 375 g/mol. The van der Waals surface area contributed by atoms with Gasteiger partial charge in [-0.2, -0.15) is 0 Å². The summed E-state index contributed by atoms with van der Waals surface area (Å²) in [6.45, 7) is 8.71. The van der Waals surface area contributed by atoms with Crippen LogP contribution in [-0.4, -0.2) is 45.9 Å². The highest BCUT2D eigenvalue weighted by molar-refractivity contribution is 5.81. The highest BCUT2D eigenvalue weighted by Gasteiger charge is 2.38. The van der Waals surface area contributed by atoms with Crippen LogP contribution >= 0.6 is 0 Å². The van der Waals surface area contributed by atoms with Gasteiger partial charge in [-0.15, -0.1) is 0 Å². The smallest absolute Gasteiger partial charge is 0.223 e. The Morgan fingerprint density at radius 2 is 2.00 bits per heavy atom. The number of aromatic nitrogens is 2. The molecule has 1 saturated carbocycles. The molecule has 2 aliphatic rings. The number of amides is 2. The Bertz CT molecular complexity index is 672. The van der Waals surface area contributed by atoms with Gasteiger partial charge in [-0.25, -0.2) is 4.98 Å². The van der Waals surface area contributed by atoms with E-state index in [0.717, 1.165) is 44.5 Å². The first-order valence-corrected chi connectivity index (χ1v) is 10.3. The summed E-state index contributed by atoms with van der Waals surface area (Å²) >= 11 is 0. The first-order valence-electron chi connectivity index (χ1n) is 10.3. The molecular formula is C21H34N4O2. The third-order valence-corrected chi connectivity index (χ3v) is 5.83. The van der Waals surface area contributed by atoms with Gasteiger partial charge in [0.05, 0.1) is 6.33 Å². The minimum atomic E-state index is 0.175. The summed E-state index contributed by atoms with van der Waals surface area (Å²) in [5, 5.41) is 3.11. The van der Waals surface area contributed by atoms with Crippen molar-refractivity contribution < 1.29 is 9.59 Å². The van der Waals surface area contributed by atoms with Gasteiger partial charge in [-0.05, 0) is 31.1 Å². The highest BCUT2D eigenvalue weighted by atomic mass is 16.2. The molecule has 150 valence electrons. The molecule has 2 heterocycles. The van der Waals surface area contributed by atoms with Gasteiger partial charge in [0.2, 0.25) is 11.8 Å². The monoisotopic (exact) mass is 374 g/mol. The third kappa shape index (κ3) is 5.33. The number of hydrogen-bond donors (Lipinski definition) is 1. The van der Waals surface area contributed by atoms with Crippen molar-refractivity contribution in [2.45, 2.75) is 58.8 Å². The van der Waals surface area contributed by atoms with Crippen LogP contribution in [0.15, 0.2) is 12.5 Å². The van der Waals surface area contributed by atoms with E-state index in [1.54, 1.807) is 0 Å². The van der Waals surface area contributed by atoms with Crippen molar-refractivity contribution in [3.05, 3.63) is 18.2 Å². The number of nitrogens with one attached hydrogen (secondary N) is 1. The molecule has 0 bridgehead atoms. The van der Waals surface area contributed by atoms with Crippen LogP contribution in [0.2, 0.25) is 0 Å². The summed E-state index contributed by atoms with van der Waals surface area (Å²) in [4.78, 5) is 31.1. The molecule has 2 fully saturated rings. The molecular weight excluding hydrogens is 340 g/mol. The Labute approximate surface area is 162 Å². The lowest BCUT2D eigenvalue weighted by molar-refractivity contribution is -0.130. The van der Waals surface area contributed by atoms with E-state index in [9.17, 15) is 9.59 Å². The van der Waals surface area contributed by atoms with Crippen molar-refractivity contribution in [1.82, 2.24) is 19.8 Å². The molecule has 1 N–H and O–H groups in total. The van der Waals surface area contributed by atoms with Crippen molar-refractivity contribution in [1.29, 1.82) is 0 Å². The number of nitrogens with zero attached hydrogens (tertiary/aromatic N) is 3. The van der Waals surface area contributed by atoms with Gasteiger partial charge in [0.1, 0.15) is 0 Å². The molecule has 0 spiro atoms. The zero-order valence-electron chi connectivity index (χ0n) is 17.2. The van der Waals surface area contributed by atoms with Crippen LogP contribution in [0.4, 0.5) is 0 Å². The second-order valence-corrected chi connectivity index (χ2v) is 9.53. The van der Waals surface area contributed by atoms with Crippen molar-refractivity contribution in [2.75, 3.05) is 19.6 Å². The Hall–Kier alpha value is -1.85. The van der Waals surface area contributed by atoms with Gasteiger partial charge in [-0.1, -0.05) is 20.8 Å². The van der Waals surface area contributed by atoms with E-state index in [1.165, 1.54) is 0 Å². The fraction of sp³-hybridized carbons (Fsp3) is 0.762. The number of aryl methyl sites for hydroxylation is 1. The van der Waals surface area contributed by atoms with Crippen LogP contribution in [0.5, 0.6) is 0 Å². The highest BCUT2D eigenvalue weighted by Crippen LogP contribution is 2.34. The Kier molecular flexibility index (Phi) is 5.92. The van der Waals surface area contributed by atoms with Crippen molar-refractivity contribution in [3.63, 3.8) is 0 Å². The molecule has 3 rings (SSSR count). The lowest BCUT2D eigenvalue weighted by Crippen LogP contribution is -2.34. The van der Waals surface area contributed by atoms with Gasteiger partial charge in [0.15, 0.2) is 0 Å². The summed E-state index contributed by atoms with van der Waals surface area (Å²) in [6, 6.07) is 0. The molecule has 1 aliphatic carbocycles. The van der Waals surface area contributed by atoms with E-state index < -0.39 is 0 Å². The predicted molar refractivity (Wildman–Crippen MR) is 105 cm³/mol. The van der Waals surface area contributed by atoms with Crippen LogP contribution in [0.25, 0.3) is 0 Å². The molecule has 6 nitrogen and oxygen atoms in total. The fourth-order valence-corrected chi connectivity index (χ4v) is 3.99. The van der Waals surface area contributed by atoms with Crippen molar-refractivity contribution in [2.24, 2.45) is 24.3 Å². The second kappa shape index (κ2) is 8.03. The quantitative estimate of drug-likeness (QED) is 0.798. The van der Waals surface area contributed by atoms with E-state index in [-0.39, 0.29) is 35.0 Å². The Morgan fingerprint density at radius 3 is 2.59 bits per heavy atom. The second-order valence-electron chi connectivity index (χ2n) is 9.53. The summed E-state index contributed by atoms with van der Waals surface area (Å²) in [6.07, 6.45) is 8.32. The molecule has 1 saturated heterocycles. The standard InChI is InChI=1S/C21H34N4O2/c1-21(2,3)9-5-6-19(26)25-12-16(10-23-20(27)15-7-8-15)17(13-25)18-11-22-14-24(18)4/h11,14-17H,5-10,12-13H2,1-4H3,(H,23,27)/t16-,17-/m1/s1. The lowest BCUT2D eigenvalue weighted by Gasteiger charge is -2.20. The molecule has 1 aliphatic heterocycles. The zero-order chi connectivity index (χ0) is 19.6. The number of carbonyl (C=O) groups is 2. The summed E-state index contributed by atoms with van der Waals surface area (Å²) in [5.41, 5.74) is 1.41. The topological polar surface area (TPSA) is 67.2 Å². The molecule has 0 unspecified atom stereocenters. The maximum Gasteiger partial charge on any atom is 0.223 e. The maximum atomic E-state index is 12.7. The van der Waals surface area contributed by atoms with Gasteiger partial charge in [0, 0.05) is 62.7 Å². The van der Waals surface area contributed by atoms with Gasteiger partial charge in [0.25, 0.3) is 0 Å². The van der Waals surface area contributed by atoms with Crippen LogP contribution < -0.4 is 5.32 Å². The molecule has 2 atom stereocenters. The fourth-order valence-electron chi connectivity index (χ4n) is 3.99. The number of rotatable bonds is 7. The first-order chi connectivity index (χ1) is 12.7. The van der Waals surface area contributed by atoms with Crippen LogP contribution in [0.3, 0.4) is 0 Å². The molecule has 0 radical (unpaired) electrons. The van der Waals surface area contributed by atoms with Crippen molar-refractivity contribution in [3.8, 4) is 0 Å². The number of carbonyl (C=O) groups excluding carboxylic acids is 2. The third-order valence-electron chi connectivity index (χ3n) is 5.83. The van der Waals surface area contributed by atoms with Gasteiger partial charge >= 0.3 is 0 Å². The van der Waals surface area contributed by atoms with Gasteiger partial charge < -0.3 is 14.8 Å². The molecule has 6 heteroatoms. The molecule has 2 amide bonds. The number of likely N-dealkylation sites (tertiary alicyclic amines) is 1. The largest absolute Gasteiger partial charge is 0.355 e. The summed E-state index contributed by atoms with van der Waals surface area (Å²) in [5.74, 6) is 1.10. The van der Waals surface area contributed by atoms with Crippen LogP contribution in [0, 0.1) is 17.3 Å². The summed E-state index contributed by atoms with van der Waals surface area (Å²) in [7, 11) is 2.00. The summed E-state index contributed by atoms with van der Waals surface area (Å²) < 4.78 is 2.04. The normalized spacial score (nSPS) is 22.9. The zero-order valence-corrected chi connectivity index (χ0v) is 17.2. The van der Waals surface area contributed by atoms with E-state index in [2.05, 4.69) is 31.1 Å². The minimum Gasteiger partial charge on any atom is -0.355 e. The molecule has 0 aromatic carbocycles. The average Bonchev–Trinajstić information content (AvgIpc) is 3.22. The van der Waals surface area contributed by atoms with E-state index in [0.29, 0.717) is 13.0 Å². The van der Waals surface area contributed by atoms with Crippen LogP contribution in [0.1, 0.15) is 64.5 Å². The van der Waals surface area contributed by atoms with E-state index in [1.807, 2.05) is 29.0 Å². The predicted octanol–water partition coefficient (Wildman–Crippen LogP) is 2.70. The van der Waals surface area contributed by atoms with Gasteiger partial charge in [-0.3, -0.25) is 9.59 Å². The Balaban J connectivity index is 1.60. The van der Waals surface area contributed by atoms with E-state index in [4.69, 9.17) is 0 Å². The number of hydrogen-bond acceptors (Lipinski definition) is 3. The SMILES string of the molecule is Cn1cncc1[C@@H]1CN(C(=O)CCCC(C)(C)C)C[C@H]1CNC(=O)C1CC1. The lowest BCUT2D eigenvalue weighted by atomic mass is 9.90. The minimum absolute atomic E-state index is 0.175. The number of imidazole rings is 1. The van der Waals surface area contributed by atoms with Crippen LogP contribution in [-0.2, 0) is 16.6 Å². The first kappa shape index (κ1) is 19.9. The Morgan fingerprint density at radius 1 is 1.26 bits per heavy atom. The van der Waals surface area contributed by atoms with Crippen molar-refractivity contribution >= 4 is 11.8 Å². The molecule has 27 heavy (non-hydrogen) atoms. The molecule has 1 aromatic heterocycles. The maximum absolute atomic E-state index is 12.7. The van der Waals surface area contributed by atoms with E-state index >= 15 is 0 Å². The molecule has 1 aromatic rings.